The minimum Gasteiger partial charge on any atom is -0.438 e. The summed E-state index contributed by atoms with van der Waals surface area (Å²) in [7, 11) is 0. The van der Waals surface area contributed by atoms with Gasteiger partial charge in [-0.1, -0.05) is 57.2 Å². The summed E-state index contributed by atoms with van der Waals surface area (Å²) < 4.78 is 18.8. The number of ether oxygens (including phenoxy) is 3. The number of benzene rings is 1. The molecule has 8 atom stereocenters. The third-order valence-corrected chi connectivity index (χ3v) is 11.0. The molecular formula is C32H39NO6. The molecule has 0 radical (unpaired) electrons. The molecule has 6 aliphatic rings. The normalized spacial score (nSPS) is 42.6. The number of rotatable bonds is 1. The predicted octanol–water partition coefficient (Wildman–Crippen LogP) is 4.77. The van der Waals surface area contributed by atoms with Gasteiger partial charge in [-0.25, -0.2) is 4.79 Å². The first-order valence-corrected chi connectivity index (χ1v) is 14.3. The first-order chi connectivity index (χ1) is 18.3. The van der Waals surface area contributed by atoms with Gasteiger partial charge in [0.05, 0.1) is 12.0 Å². The summed E-state index contributed by atoms with van der Waals surface area (Å²) in [6.45, 7) is 13.3. The number of carbonyl (C=O) groups is 2. The number of allylic oxidation sites excluding steroid dienone is 1. The molecule has 39 heavy (non-hydrogen) atoms. The topological polar surface area (TPSA) is 85.3 Å². The van der Waals surface area contributed by atoms with E-state index in [-0.39, 0.29) is 35.6 Å². The van der Waals surface area contributed by atoms with Gasteiger partial charge in [0.2, 0.25) is 0 Å². The monoisotopic (exact) mass is 533 g/mol. The summed E-state index contributed by atoms with van der Waals surface area (Å²) >= 11 is 0. The molecule has 7 heteroatoms. The number of aliphatic hydroxyl groups is 1. The SMILES string of the molecule is CC1=C[C@]23C(=O)[C@@H](C=C4COC(C)(C)O[C@H]4[C@]2(O)[C@H]1OC(=O)N1Cc2ccccc2C1)[C@H]1[C@@H](C[C@H]3C)C1(C)C. The lowest BCUT2D eigenvalue weighted by molar-refractivity contribution is -0.303. The smallest absolute Gasteiger partial charge is 0.411 e. The lowest BCUT2D eigenvalue weighted by Crippen LogP contribution is -2.68. The van der Waals surface area contributed by atoms with Gasteiger partial charge in [0.1, 0.15) is 6.10 Å². The van der Waals surface area contributed by atoms with Gasteiger partial charge in [-0.3, -0.25) is 9.69 Å². The third kappa shape index (κ3) is 3.21. The summed E-state index contributed by atoms with van der Waals surface area (Å²) in [5.74, 6) is -0.865. The van der Waals surface area contributed by atoms with Crippen molar-refractivity contribution in [1.29, 1.82) is 0 Å². The number of amides is 1. The predicted molar refractivity (Wildman–Crippen MR) is 143 cm³/mol. The maximum atomic E-state index is 14.8. The largest absolute Gasteiger partial charge is 0.438 e. The van der Waals surface area contributed by atoms with E-state index >= 15 is 0 Å². The van der Waals surface area contributed by atoms with E-state index in [1.54, 1.807) is 4.90 Å². The Labute approximate surface area is 230 Å². The highest BCUT2D eigenvalue weighted by atomic mass is 16.7. The Balaban J connectivity index is 1.32. The summed E-state index contributed by atoms with van der Waals surface area (Å²) in [6, 6.07) is 7.97. The summed E-state index contributed by atoms with van der Waals surface area (Å²) in [5.41, 5.74) is 0.675. The number of Topliss-reactive ketones (excluding diaryl/α,β-unsaturated/α-hetero) is 1. The van der Waals surface area contributed by atoms with E-state index in [9.17, 15) is 14.7 Å². The van der Waals surface area contributed by atoms with Gasteiger partial charge in [0, 0.05) is 19.0 Å². The van der Waals surface area contributed by atoms with E-state index in [1.807, 2.05) is 57.2 Å². The Morgan fingerprint density at radius 1 is 1.13 bits per heavy atom. The molecule has 1 amide bonds. The number of nitrogens with zero attached hydrogens (tertiary/aromatic N) is 1. The van der Waals surface area contributed by atoms with Crippen LogP contribution >= 0.6 is 0 Å². The second-order valence-corrected chi connectivity index (χ2v) is 13.9. The molecule has 1 aromatic carbocycles. The number of carbonyl (C=O) groups excluding carboxylic acids is 2. The average molecular weight is 534 g/mol. The molecular weight excluding hydrogens is 494 g/mol. The van der Waals surface area contributed by atoms with Gasteiger partial charge in [-0.2, -0.15) is 0 Å². The molecule has 4 aliphatic carbocycles. The number of hydrogen-bond acceptors (Lipinski definition) is 6. The van der Waals surface area contributed by atoms with E-state index in [0.717, 1.165) is 23.1 Å². The molecule has 2 bridgehead atoms. The first-order valence-electron chi connectivity index (χ1n) is 14.3. The Morgan fingerprint density at radius 2 is 1.79 bits per heavy atom. The molecule has 1 spiro atoms. The zero-order valence-electron chi connectivity index (χ0n) is 23.7. The molecule has 2 saturated carbocycles. The van der Waals surface area contributed by atoms with E-state index in [0.29, 0.717) is 24.6 Å². The Bertz CT molecular complexity index is 1320. The van der Waals surface area contributed by atoms with Crippen LogP contribution in [0, 0.1) is 34.5 Å². The van der Waals surface area contributed by atoms with Crippen molar-refractivity contribution >= 4 is 11.9 Å². The van der Waals surface area contributed by atoms with Crippen LogP contribution in [0.1, 0.15) is 59.1 Å². The molecule has 1 saturated heterocycles. The second-order valence-electron chi connectivity index (χ2n) is 13.9. The highest BCUT2D eigenvalue weighted by molar-refractivity contribution is 5.95. The first kappa shape index (κ1) is 25.5. The third-order valence-electron chi connectivity index (χ3n) is 11.0. The highest BCUT2D eigenvalue weighted by Crippen LogP contribution is 2.72. The van der Waals surface area contributed by atoms with E-state index < -0.39 is 35.1 Å². The molecule has 0 unspecified atom stereocenters. The summed E-state index contributed by atoms with van der Waals surface area (Å²) in [4.78, 5) is 30.1. The van der Waals surface area contributed by atoms with Crippen molar-refractivity contribution in [3.63, 3.8) is 0 Å². The molecule has 1 N–H and O–H groups in total. The molecule has 2 heterocycles. The van der Waals surface area contributed by atoms with Crippen LogP contribution in [0.2, 0.25) is 0 Å². The maximum Gasteiger partial charge on any atom is 0.411 e. The number of fused-ring (bicyclic) bond motifs is 6. The van der Waals surface area contributed by atoms with Gasteiger partial charge < -0.3 is 19.3 Å². The quantitative estimate of drug-likeness (QED) is 0.524. The van der Waals surface area contributed by atoms with Crippen LogP contribution in [-0.4, -0.2) is 52.1 Å². The van der Waals surface area contributed by atoms with Crippen molar-refractivity contribution in [1.82, 2.24) is 4.90 Å². The van der Waals surface area contributed by atoms with Crippen LogP contribution in [0.25, 0.3) is 0 Å². The van der Waals surface area contributed by atoms with Crippen molar-refractivity contribution in [2.75, 3.05) is 6.61 Å². The van der Waals surface area contributed by atoms with Gasteiger partial charge >= 0.3 is 6.09 Å². The zero-order chi connectivity index (χ0) is 27.7. The fraction of sp³-hybridized carbons (Fsp3) is 0.625. The maximum absolute atomic E-state index is 14.8. The van der Waals surface area contributed by atoms with Crippen molar-refractivity contribution in [3.05, 3.63) is 58.7 Å². The summed E-state index contributed by atoms with van der Waals surface area (Å²) in [5, 5.41) is 13.1. The van der Waals surface area contributed by atoms with Gasteiger partial charge in [-0.05, 0) is 72.6 Å². The van der Waals surface area contributed by atoms with Crippen LogP contribution in [0.3, 0.4) is 0 Å². The highest BCUT2D eigenvalue weighted by Gasteiger charge is 2.77. The van der Waals surface area contributed by atoms with E-state index in [4.69, 9.17) is 14.2 Å². The zero-order valence-corrected chi connectivity index (χ0v) is 23.7. The van der Waals surface area contributed by atoms with E-state index in [1.165, 1.54) is 0 Å². The standard InChI is InChI=1S/C32H39NO6/c1-17-13-31-18(2)11-23-24(29(23,3)4)22(25(31)34)12-21-16-37-30(5,6)39-27(21)32(31,36)26(17)38-28(35)33-14-19-9-7-8-10-20(19)15-33/h7-10,12-13,18,22-24,26-27,36H,11,14-16H2,1-6H3/t18-,22+,23-,24+,26+,27-,31+,32-/m1/s1. The lowest BCUT2D eigenvalue weighted by Gasteiger charge is -2.52. The molecule has 0 aromatic heterocycles. The van der Waals surface area contributed by atoms with Gasteiger partial charge in [-0.15, -0.1) is 0 Å². The summed E-state index contributed by atoms with van der Waals surface area (Å²) in [6.07, 6.45) is 2.42. The Hall–Kier alpha value is -2.48. The van der Waals surface area contributed by atoms with Crippen molar-refractivity contribution in [2.45, 2.75) is 84.6 Å². The Morgan fingerprint density at radius 3 is 2.46 bits per heavy atom. The lowest BCUT2D eigenvalue weighted by atomic mass is 9.59. The molecule has 3 fully saturated rings. The van der Waals surface area contributed by atoms with Crippen LogP contribution < -0.4 is 0 Å². The fourth-order valence-electron chi connectivity index (χ4n) is 8.94. The van der Waals surface area contributed by atoms with Crippen LogP contribution in [0.15, 0.2) is 47.6 Å². The fourth-order valence-corrected chi connectivity index (χ4v) is 8.94. The van der Waals surface area contributed by atoms with Crippen LogP contribution in [-0.2, 0) is 32.1 Å². The Kier molecular flexibility index (Phi) is 5.12. The minimum atomic E-state index is -1.79. The van der Waals surface area contributed by atoms with Crippen molar-refractivity contribution in [2.24, 2.45) is 34.5 Å². The van der Waals surface area contributed by atoms with Gasteiger partial charge in [0.15, 0.2) is 23.3 Å². The molecule has 208 valence electrons. The second kappa shape index (κ2) is 7.83. The van der Waals surface area contributed by atoms with Crippen molar-refractivity contribution < 1.29 is 28.9 Å². The number of ketones is 1. The van der Waals surface area contributed by atoms with Crippen LogP contribution in [0.5, 0.6) is 0 Å². The average Bonchev–Trinajstić information content (AvgIpc) is 3.15. The minimum absolute atomic E-state index is 0.0188. The molecule has 7 nitrogen and oxygen atoms in total. The molecule has 2 aliphatic heterocycles. The van der Waals surface area contributed by atoms with Crippen molar-refractivity contribution in [3.8, 4) is 0 Å². The van der Waals surface area contributed by atoms with E-state index in [2.05, 4.69) is 20.8 Å². The number of hydrogen-bond donors (Lipinski definition) is 1. The molecule has 7 rings (SSSR count). The van der Waals surface area contributed by atoms with Crippen LogP contribution in [0.4, 0.5) is 4.79 Å². The molecule has 1 aromatic rings. The van der Waals surface area contributed by atoms with Gasteiger partial charge in [0.25, 0.3) is 0 Å².